The van der Waals surface area contributed by atoms with E-state index < -0.39 is 11.6 Å². The van der Waals surface area contributed by atoms with Crippen molar-refractivity contribution in [1.82, 2.24) is 15.2 Å². The minimum atomic E-state index is -0.753. The Kier molecular flexibility index (Phi) is 3.96. The number of halogens is 3. The molecule has 2 heterocycles. The standard InChI is InChI=1S/C15H10ClF2N3O2/c1-7-11(17)4-3-9(12(7)18)14-20-21-15(23-14)10-5-8(16)6-19-13(10)22-2/h3-6H,1-2H3. The van der Waals surface area contributed by atoms with Crippen LogP contribution in [-0.2, 0) is 0 Å². The van der Waals surface area contributed by atoms with Gasteiger partial charge in [-0.25, -0.2) is 13.8 Å². The van der Waals surface area contributed by atoms with E-state index in [1.54, 1.807) is 0 Å². The van der Waals surface area contributed by atoms with E-state index in [1.165, 1.54) is 32.4 Å². The third kappa shape index (κ3) is 2.75. The normalized spacial score (nSPS) is 10.8. The van der Waals surface area contributed by atoms with Gasteiger partial charge in [-0.15, -0.1) is 10.2 Å². The van der Waals surface area contributed by atoms with Gasteiger partial charge in [-0.1, -0.05) is 11.6 Å². The quantitative estimate of drug-likeness (QED) is 0.721. The number of aromatic nitrogens is 3. The van der Waals surface area contributed by atoms with Gasteiger partial charge < -0.3 is 9.15 Å². The van der Waals surface area contributed by atoms with Crippen LogP contribution in [0.2, 0.25) is 5.02 Å². The van der Waals surface area contributed by atoms with Crippen molar-refractivity contribution in [3.63, 3.8) is 0 Å². The average Bonchev–Trinajstić information content (AvgIpc) is 3.02. The van der Waals surface area contributed by atoms with Gasteiger partial charge in [0.1, 0.15) is 17.2 Å². The van der Waals surface area contributed by atoms with Crippen molar-refractivity contribution >= 4 is 11.6 Å². The highest BCUT2D eigenvalue weighted by Crippen LogP contribution is 2.32. The van der Waals surface area contributed by atoms with E-state index in [-0.39, 0.29) is 28.8 Å². The van der Waals surface area contributed by atoms with Crippen LogP contribution in [-0.4, -0.2) is 22.3 Å². The Labute approximate surface area is 134 Å². The molecule has 0 spiro atoms. The van der Waals surface area contributed by atoms with Crippen molar-refractivity contribution in [3.8, 4) is 28.8 Å². The topological polar surface area (TPSA) is 61.0 Å². The summed E-state index contributed by atoms with van der Waals surface area (Å²) in [6.07, 6.45) is 1.41. The maximum atomic E-state index is 14.1. The summed E-state index contributed by atoms with van der Waals surface area (Å²) in [4.78, 5) is 3.99. The molecule has 0 aliphatic rings. The molecule has 0 bridgehead atoms. The molecule has 0 unspecified atom stereocenters. The molecule has 0 N–H and O–H groups in total. The second kappa shape index (κ2) is 5.92. The molecule has 0 amide bonds. The Hall–Kier alpha value is -2.54. The van der Waals surface area contributed by atoms with Gasteiger partial charge in [0.05, 0.1) is 17.7 Å². The van der Waals surface area contributed by atoms with Crippen LogP contribution in [0, 0.1) is 18.6 Å². The van der Waals surface area contributed by atoms with Crippen LogP contribution >= 0.6 is 11.6 Å². The minimum Gasteiger partial charge on any atom is -0.480 e. The number of methoxy groups -OCH3 is 1. The van der Waals surface area contributed by atoms with Crippen molar-refractivity contribution in [2.24, 2.45) is 0 Å². The Bertz CT molecular complexity index is 883. The number of pyridine rings is 1. The lowest BCUT2D eigenvalue weighted by molar-refractivity contribution is 0.397. The highest BCUT2D eigenvalue weighted by Gasteiger charge is 2.20. The maximum absolute atomic E-state index is 14.1. The summed E-state index contributed by atoms with van der Waals surface area (Å²) in [6, 6.07) is 3.92. The summed E-state index contributed by atoms with van der Waals surface area (Å²) in [5.74, 6) is -1.18. The van der Waals surface area contributed by atoms with Crippen LogP contribution in [0.3, 0.4) is 0 Å². The van der Waals surface area contributed by atoms with Crippen LogP contribution in [0.25, 0.3) is 22.9 Å². The van der Waals surface area contributed by atoms with Crippen LogP contribution in [0.4, 0.5) is 8.78 Å². The largest absolute Gasteiger partial charge is 0.480 e. The van der Waals surface area contributed by atoms with Crippen LogP contribution in [0.5, 0.6) is 5.88 Å². The molecule has 0 saturated carbocycles. The Balaban J connectivity index is 2.08. The number of hydrogen-bond donors (Lipinski definition) is 0. The fourth-order valence-corrected chi connectivity index (χ4v) is 2.17. The third-order valence-electron chi connectivity index (χ3n) is 3.22. The second-order valence-corrected chi connectivity index (χ2v) is 5.09. The second-order valence-electron chi connectivity index (χ2n) is 4.66. The third-order valence-corrected chi connectivity index (χ3v) is 3.42. The molecule has 3 rings (SSSR count). The molecule has 3 aromatic rings. The van der Waals surface area contributed by atoms with Crippen molar-refractivity contribution in [1.29, 1.82) is 0 Å². The van der Waals surface area contributed by atoms with E-state index in [9.17, 15) is 8.78 Å². The monoisotopic (exact) mass is 337 g/mol. The lowest BCUT2D eigenvalue weighted by Gasteiger charge is -2.04. The highest BCUT2D eigenvalue weighted by atomic mass is 35.5. The van der Waals surface area contributed by atoms with E-state index >= 15 is 0 Å². The Morgan fingerprint density at radius 3 is 2.52 bits per heavy atom. The smallest absolute Gasteiger partial charge is 0.253 e. The summed E-state index contributed by atoms with van der Waals surface area (Å²) in [6.45, 7) is 1.33. The van der Waals surface area contributed by atoms with Crippen molar-refractivity contribution < 1.29 is 17.9 Å². The first kappa shape index (κ1) is 15.4. The molecule has 1 aromatic carbocycles. The van der Waals surface area contributed by atoms with Crippen LogP contribution in [0.1, 0.15) is 5.56 Å². The fourth-order valence-electron chi connectivity index (χ4n) is 2.01. The predicted molar refractivity (Wildman–Crippen MR) is 79.2 cm³/mol. The molecule has 5 nitrogen and oxygen atoms in total. The molecule has 0 atom stereocenters. The van der Waals surface area contributed by atoms with Crippen LogP contribution < -0.4 is 4.74 Å². The SMILES string of the molecule is COc1ncc(Cl)cc1-c1nnc(-c2ccc(F)c(C)c2F)o1. The van der Waals surface area contributed by atoms with Gasteiger partial charge in [0.2, 0.25) is 5.88 Å². The van der Waals surface area contributed by atoms with Gasteiger partial charge in [0.15, 0.2) is 0 Å². The molecule has 8 heteroatoms. The lowest BCUT2D eigenvalue weighted by Crippen LogP contribution is -1.92. The zero-order valence-electron chi connectivity index (χ0n) is 12.1. The number of nitrogens with zero attached hydrogens (tertiary/aromatic N) is 3. The van der Waals surface area contributed by atoms with E-state index in [0.29, 0.717) is 10.6 Å². The van der Waals surface area contributed by atoms with Gasteiger partial charge in [-0.05, 0) is 25.1 Å². The highest BCUT2D eigenvalue weighted by molar-refractivity contribution is 6.30. The predicted octanol–water partition coefficient (Wildman–Crippen LogP) is 4.05. The molecule has 0 aliphatic heterocycles. The average molecular weight is 338 g/mol. The zero-order chi connectivity index (χ0) is 16.6. The molecule has 118 valence electrons. The number of ether oxygens (including phenoxy) is 1. The molecule has 23 heavy (non-hydrogen) atoms. The lowest BCUT2D eigenvalue weighted by atomic mass is 10.1. The minimum absolute atomic E-state index is 0.0107. The number of benzene rings is 1. The Morgan fingerprint density at radius 1 is 1.13 bits per heavy atom. The van der Waals surface area contributed by atoms with E-state index in [4.69, 9.17) is 20.8 Å². The van der Waals surface area contributed by atoms with E-state index in [2.05, 4.69) is 15.2 Å². The summed E-state index contributed by atoms with van der Waals surface area (Å²) >= 11 is 5.90. The fraction of sp³-hybridized carbons (Fsp3) is 0.133. The van der Waals surface area contributed by atoms with Crippen LogP contribution in [0.15, 0.2) is 28.8 Å². The van der Waals surface area contributed by atoms with Gasteiger partial charge in [-0.2, -0.15) is 0 Å². The first-order valence-electron chi connectivity index (χ1n) is 6.49. The molecular formula is C15H10ClF2N3O2. The summed E-state index contributed by atoms with van der Waals surface area (Å²) in [5, 5.41) is 8.00. The first-order valence-corrected chi connectivity index (χ1v) is 6.87. The van der Waals surface area contributed by atoms with Crippen molar-refractivity contribution in [3.05, 3.63) is 46.6 Å². The summed E-state index contributed by atoms with van der Waals surface area (Å²) in [7, 11) is 1.43. The molecule has 2 aromatic heterocycles. The van der Waals surface area contributed by atoms with Gasteiger partial charge in [0, 0.05) is 11.8 Å². The van der Waals surface area contributed by atoms with Crippen molar-refractivity contribution in [2.45, 2.75) is 6.92 Å². The van der Waals surface area contributed by atoms with E-state index in [1.807, 2.05) is 0 Å². The van der Waals surface area contributed by atoms with E-state index in [0.717, 1.165) is 6.07 Å². The van der Waals surface area contributed by atoms with Gasteiger partial charge in [-0.3, -0.25) is 0 Å². The van der Waals surface area contributed by atoms with Crippen molar-refractivity contribution in [2.75, 3.05) is 7.11 Å². The number of hydrogen-bond acceptors (Lipinski definition) is 5. The molecule has 0 fully saturated rings. The van der Waals surface area contributed by atoms with Gasteiger partial charge >= 0.3 is 0 Å². The molecule has 0 saturated heterocycles. The Morgan fingerprint density at radius 2 is 1.83 bits per heavy atom. The summed E-state index contributed by atoms with van der Waals surface area (Å²) in [5.41, 5.74) is 0.263. The maximum Gasteiger partial charge on any atom is 0.253 e. The molecule has 0 radical (unpaired) electrons. The zero-order valence-corrected chi connectivity index (χ0v) is 12.9. The summed E-state index contributed by atoms with van der Waals surface area (Å²) < 4.78 is 38.1. The molecular weight excluding hydrogens is 328 g/mol. The first-order chi connectivity index (χ1) is 11.0. The van der Waals surface area contributed by atoms with Gasteiger partial charge in [0.25, 0.3) is 11.8 Å². The number of rotatable bonds is 3. The molecule has 0 aliphatic carbocycles.